The molecule has 252 valence electrons. The molecule has 11 aromatic rings. The van der Waals surface area contributed by atoms with Gasteiger partial charge in [-0.1, -0.05) is 146 Å². The Balaban J connectivity index is 1.11. The van der Waals surface area contributed by atoms with Crippen LogP contribution in [-0.2, 0) is 0 Å². The maximum atomic E-state index is 6.44. The maximum absolute atomic E-state index is 6.44. The van der Waals surface area contributed by atoms with Gasteiger partial charge in [0.05, 0.1) is 0 Å². The number of anilines is 3. The summed E-state index contributed by atoms with van der Waals surface area (Å²) in [5.41, 5.74) is 9.73. The highest BCUT2D eigenvalue weighted by atomic mass is 16.3. The van der Waals surface area contributed by atoms with E-state index in [4.69, 9.17) is 4.42 Å². The molecule has 0 aliphatic heterocycles. The van der Waals surface area contributed by atoms with Crippen molar-refractivity contribution >= 4 is 82.1 Å². The first-order valence-electron chi connectivity index (χ1n) is 18.5. The standard InChI is InChI=1S/C52H33NO/c1-2-18-41-34(12-1)13-11-24-42(41)37-16-9-14-35(30-37)36-15-10-17-38(31-36)53(40-27-29-49-48-23-7-8-25-51(48)54-52(49)33-40)39-26-28-47-45-21-4-3-19-43(45)44-20-5-6-22-46(44)50(47)32-39/h1-33H. The Labute approximate surface area is 312 Å². The predicted octanol–water partition coefficient (Wildman–Crippen LogP) is 15.0. The average Bonchev–Trinajstić information content (AvgIpc) is 3.62. The van der Waals surface area contributed by atoms with E-state index in [9.17, 15) is 0 Å². The average molecular weight is 688 g/mol. The van der Waals surface area contributed by atoms with Crippen molar-refractivity contribution in [2.45, 2.75) is 0 Å². The van der Waals surface area contributed by atoms with Crippen LogP contribution in [0.3, 0.4) is 0 Å². The van der Waals surface area contributed by atoms with Gasteiger partial charge in [0.15, 0.2) is 0 Å². The normalized spacial score (nSPS) is 11.7. The van der Waals surface area contributed by atoms with Crippen LogP contribution in [-0.4, -0.2) is 0 Å². The molecule has 1 aromatic heterocycles. The largest absolute Gasteiger partial charge is 0.456 e. The first-order chi connectivity index (χ1) is 26.8. The number of para-hydroxylation sites is 1. The first kappa shape index (κ1) is 30.5. The number of hydrogen-bond donors (Lipinski definition) is 0. The van der Waals surface area contributed by atoms with E-state index >= 15 is 0 Å². The minimum atomic E-state index is 0.870. The van der Waals surface area contributed by atoms with Crippen molar-refractivity contribution in [3.8, 4) is 22.3 Å². The van der Waals surface area contributed by atoms with Gasteiger partial charge in [0.1, 0.15) is 11.2 Å². The molecule has 0 aliphatic rings. The Morgan fingerprint density at radius 3 is 1.56 bits per heavy atom. The van der Waals surface area contributed by atoms with Crippen LogP contribution in [0.4, 0.5) is 17.1 Å². The monoisotopic (exact) mass is 687 g/mol. The van der Waals surface area contributed by atoms with E-state index in [2.05, 4.69) is 193 Å². The highest BCUT2D eigenvalue weighted by molar-refractivity contribution is 6.25. The molecule has 2 heteroatoms. The fourth-order valence-corrected chi connectivity index (χ4v) is 8.50. The summed E-state index contributed by atoms with van der Waals surface area (Å²) in [6, 6.07) is 72.3. The van der Waals surface area contributed by atoms with E-state index in [0.717, 1.165) is 44.6 Å². The molecular formula is C52H33NO. The van der Waals surface area contributed by atoms with Crippen molar-refractivity contribution in [3.05, 3.63) is 200 Å². The van der Waals surface area contributed by atoms with Gasteiger partial charge in [0, 0.05) is 33.9 Å². The fourth-order valence-electron chi connectivity index (χ4n) is 8.50. The molecule has 0 fully saturated rings. The van der Waals surface area contributed by atoms with Crippen LogP contribution in [0.1, 0.15) is 0 Å². The highest BCUT2D eigenvalue weighted by Gasteiger charge is 2.18. The molecule has 0 unspecified atom stereocenters. The Kier molecular flexibility index (Phi) is 6.90. The van der Waals surface area contributed by atoms with Crippen LogP contribution in [0, 0.1) is 0 Å². The van der Waals surface area contributed by atoms with Gasteiger partial charge in [-0.15, -0.1) is 0 Å². The lowest BCUT2D eigenvalue weighted by molar-refractivity contribution is 0.669. The number of rotatable bonds is 5. The van der Waals surface area contributed by atoms with Crippen molar-refractivity contribution in [2.75, 3.05) is 4.90 Å². The summed E-state index contributed by atoms with van der Waals surface area (Å²) in [7, 11) is 0. The van der Waals surface area contributed by atoms with Crippen LogP contribution in [0.15, 0.2) is 205 Å². The van der Waals surface area contributed by atoms with Gasteiger partial charge in [-0.2, -0.15) is 0 Å². The first-order valence-corrected chi connectivity index (χ1v) is 18.5. The highest BCUT2D eigenvalue weighted by Crippen LogP contribution is 2.43. The molecule has 10 aromatic carbocycles. The summed E-state index contributed by atoms with van der Waals surface area (Å²) in [4.78, 5) is 2.37. The summed E-state index contributed by atoms with van der Waals surface area (Å²) >= 11 is 0. The molecular weight excluding hydrogens is 655 g/mol. The van der Waals surface area contributed by atoms with Gasteiger partial charge in [-0.05, 0) is 114 Å². The Hall–Kier alpha value is -7.16. The molecule has 0 amide bonds. The van der Waals surface area contributed by atoms with Crippen molar-refractivity contribution in [3.63, 3.8) is 0 Å². The number of furan rings is 1. The minimum absolute atomic E-state index is 0.870. The van der Waals surface area contributed by atoms with Gasteiger partial charge in [0.25, 0.3) is 0 Å². The predicted molar refractivity (Wildman–Crippen MR) is 229 cm³/mol. The van der Waals surface area contributed by atoms with Crippen LogP contribution < -0.4 is 4.90 Å². The Bertz CT molecular complexity index is 3200. The van der Waals surface area contributed by atoms with Gasteiger partial charge in [-0.25, -0.2) is 0 Å². The van der Waals surface area contributed by atoms with Crippen LogP contribution in [0.25, 0.3) is 87.3 Å². The summed E-state index contributed by atoms with van der Waals surface area (Å²) in [5, 5.41) is 12.3. The second-order valence-corrected chi connectivity index (χ2v) is 14.1. The van der Waals surface area contributed by atoms with Gasteiger partial charge in [-0.3, -0.25) is 0 Å². The van der Waals surface area contributed by atoms with Gasteiger partial charge < -0.3 is 9.32 Å². The lowest BCUT2D eigenvalue weighted by atomic mass is 9.93. The summed E-state index contributed by atoms with van der Waals surface area (Å²) < 4.78 is 6.44. The van der Waals surface area contributed by atoms with Crippen molar-refractivity contribution in [1.29, 1.82) is 0 Å². The smallest absolute Gasteiger partial charge is 0.137 e. The molecule has 0 saturated heterocycles. The molecule has 0 spiro atoms. The summed E-state index contributed by atoms with van der Waals surface area (Å²) in [6.07, 6.45) is 0. The zero-order valence-electron chi connectivity index (χ0n) is 29.4. The van der Waals surface area contributed by atoms with E-state index in [0.29, 0.717) is 0 Å². The Morgan fingerprint density at radius 1 is 0.278 bits per heavy atom. The molecule has 54 heavy (non-hydrogen) atoms. The molecule has 0 atom stereocenters. The lowest BCUT2D eigenvalue weighted by Crippen LogP contribution is -2.10. The number of nitrogens with zero attached hydrogens (tertiary/aromatic N) is 1. The van der Waals surface area contributed by atoms with Crippen molar-refractivity contribution in [1.82, 2.24) is 0 Å². The minimum Gasteiger partial charge on any atom is -0.456 e. The maximum Gasteiger partial charge on any atom is 0.137 e. The van der Waals surface area contributed by atoms with Crippen molar-refractivity contribution < 1.29 is 4.42 Å². The second-order valence-electron chi connectivity index (χ2n) is 14.1. The topological polar surface area (TPSA) is 16.4 Å². The third-order valence-electron chi connectivity index (χ3n) is 11.0. The van der Waals surface area contributed by atoms with E-state index in [-0.39, 0.29) is 0 Å². The number of hydrogen-bond acceptors (Lipinski definition) is 2. The fraction of sp³-hybridized carbons (Fsp3) is 0. The Morgan fingerprint density at radius 2 is 0.778 bits per heavy atom. The van der Waals surface area contributed by atoms with E-state index in [1.165, 1.54) is 59.8 Å². The summed E-state index contributed by atoms with van der Waals surface area (Å²) in [6.45, 7) is 0. The number of benzene rings is 10. The third-order valence-corrected chi connectivity index (χ3v) is 11.0. The van der Waals surface area contributed by atoms with E-state index in [1.54, 1.807) is 0 Å². The quantitative estimate of drug-likeness (QED) is 0.168. The molecule has 0 saturated carbocycles. The molecule has 0 bridgehead atoms. The number of fused-ring (bicyclic) bond motifs is 10. The van der Waals surface area contributed by atoms with Crippen molar-refractivity contribution in [2.24, 2.45) is 0 Å². The molecule has 1 heterocycles. The lowest BCUT2D eigenvalue weighted by Gasteiger charge is -2.27. The van der Waals surface area contributed by atoms with Gasteiger partial charge in [0.2, 0.25) is 0 Å². The zero-order chi connectivity index (χ0) is 35.6. The molecule has 0 aliphatic carbocycles. The SMILES string of the molecule is c1cc(-c2cccc(N(c3ccc4c(c3)oc3ccccc34)c3ccc4c5ccccc5c5ccccc5c4c3)c2)cc(-c2cccc3ccccc23)c1. The van der Waals surface area contributed by atoms with Gasteiger partial charge >= 0.3 is 0 Å². The molecule has 0 radical (unpaired) electrons. The van der Waals surface area contributed by atoms with Crippen LogP contribution in [0.2, 0.25) is 0 Å². The molecule has 0 N–H and O–H groups in total. The third kappa shape index (κ3) is 4.88. The zero-order valence-corrected chi connectivity index (χ0v) is 29.4. The van der Waals surface area contributed by atoms with E-state index in [1.807, 2.05) is 12.1 Å². The van der Waals surface area contributed by atoms with Crippen LogP contribution in [0.5, 0.6) is 0 Å². The van der Waals surface area contributed by atoms with E-state index < -0.39 is 0 Å². The van der Waals surface area contributed by atoms with Crippen LogP contribution >= 0.6 is 0 Å². The molecule has 11 rings (SSSR count). The second kappa shape index (κ2) is 12.2. The summed E-state index contributed by atoms with van der Waals surface area (Å²) in [5.74, 6) is 0. The molecule has 2 nitrogen and oxygen atoms in total.